The second-order valence-electron chi connectivity index (χ2n) is 4.99. The van der Waals surface area contributed by atoms with E-state index < -0.39 is 11.1 Å². The van der Waals surface area contributed by atoms with Gasteiger partial charge in [0.2, 0.25) is 0 Å². The van der Waals surface area contributed by atoms with Crippen LogP contribution < -0.4 is 4.90 Å². The molecule has 19 heavy (non-hydrogen) atoms. The first-order chi connectivity index (χ1) is 8.91. The molecule has 1 atom stereocenters. The summed E-state index contributed by atoms with van der Waals surface area (Å²) < 4.78 is 37.5. The fourth-order valence-corrected chi connectivity index (χ4v) is 3.19. The number of hydrogen-bond acceptors (Lipinski definition) is 4. The van der Waals surface area contributed by atoms with Gasteiger partial charge in [0.1, 0.15) is 4.88 Å². The number of aromatic nitrogens is 1. The lowest BCUT2D eigenvalue weighted by Gasteiger charge is -2.34. The minimum Gasteiger partial charge on any atom is -0.396 e. The SMILES string of the molecule is CC(CO)C1CCN(c2ncc(C(F)(F)F)s2)CC1. The minimum atomic E-state index is -4.31. The van der Waals surface area contributed by atoms with Crippen molar-refractivity contribution in [3.63, 3.8) is 0 Å². The molecule has 1 aliphatic heterocycles. The quantitative estimate of drug-likeness (QED) is 0.931. The molecule has 1 N–H and O–H groups in total. The Kier molecular flexibility index (Phi) is 4.35. The van der Waals surface area contributed by atoms with E-state index in [1.807, 2.05) is 11.8 Å². The molecule has 2 rings (SSSR count). The maximum absolute atomic E-state index is 12.5. The second-order valence-corrected chi connectivity index (χ2v) is 6.00. The number of aliphatic hydroxyl groups is 1. The molecule has 0 aliphatic carbocycles. The summed E-state index contributed by atoms with van der Waals surface area (Å²) in [6.45, 7) is 3.59. The molecule has 1 aliphatic rings. The Morgan fingerprint density at radius 2 is 2.11 bits per heavy atom. The molecule has 0 radical (unpaired) electrons. The van der Waals surface area contributed by atoms with E-state index in [1.54, 1.807) is 0 Å². The normalized spacial score (nSPS) is 19.7. The van der Waals surface area contributed by atoms with E-state index in [4.69, 9.17) is 5.11 Å². The molecule has 1 aromatic heterocycles. The van der Waals surface area contributed by atoms with E-state index in [2.05, 4.69) is 4.98 Å². The van der Waals surface area contributed by atoms with Crippen molar-refractivity contribution in [2.24, 2.45) is 11.8 Å². The Balaban J connectivity index is 1.96. The van der Waals surface area contributed by atoms with Crippen molar-refractivity contribution in [1.29, 1.82) is 0 Å². The van der Waals surface area contributed by atoms with Gasteiger partial charge in [-0.15, -0.1) is 0 Å². The second kappa shape index (κ2) is 5.66. The van der Waals surface area contributed by atoms with E-state index >= 15 is 0 Å². The van der Waals surface area contributed by atoms with Crippen molar-refractivity contribution >= 4 is 16.5 Å². The van der Waals surface area contributed by atoms with Crippen LogP contribution in [0.3, 0.4) is 0 Å². The maximum Gasteiger partial charge on any atom is 0.427 e. The van der Waals surface area contributed by atoms with Gasteiger partial charge in [-0.25, -0.2) is 4.98 Å². The summed E-state index contributed by atoms with van der Waals surface area (Å²) in [4.78, 5) is 5.13. The predicted molar refractivity (Wildman–Crippen MR) is 68.3 cm³/mol. The summed E-state index contributed by atoms with van der Waals surface area (Å²) in [7, 11) is 0. The van der Waals surface area contributed by atoms with Crippen molar-refractivity contribution in [2.45, 2.75) is 25.9 Å². The molecular formula is C12H17F3N2OS. The smallest absolute Gasteiger partial charge is 0.396 e. The lowest BCUT2D eigenvalue weighted by molar-refractivity contribution is -0.134. The van der Waals surface area contributed by atoms with Crippen LogP contribution in [0.4, 0.5) is 18.3 Å². The predicted octanol–water partition coefficient (Wildman–Crippen LogP) is 3.01. The lowest BCUT2D eigenvalue weighted by atomic mass is 9.86. The van der Waals surface area contributed by atoms with Gasteiger partial charge in [-0.05, 0) is 24.7 Å². The van der Waals surface area contributed by atoms with Crippen LogP contribution in [0.5, 0.6) is 0 Å². The number of aliphatic hydroxyl groups excluding tert-OH is 1. The van der Waals surface area contributed by atoms with Gasteiger partial charge in [-0.2, -0.15) is 13.2 Å². The first-order valence-corrected chi connectivity index (χ1v) is 7.12. The van der Waals surface area contributed by atoms with Crippen molar-refractivity contribution in [2.75, 3.05) is 24.6 Å². The lowest BCUT2D eigenvalue weighted by Crippen LogP contribution is -2.36. The molecular weight excluding hydrogens is 277 g/mol. The van der Waals surface area contributed by atoms with Crippen LogP contribution in [-0.2, 0) is 6.18 Å². The Labute approximate surface area is 114 Å². The highest BCUT2D eigenvalue weighted by molar-refractivity contribution is 7.15. The molecule has 1 aromatic rings. The molecule has 0 spiro atoms. The summed E-state index contributed by atoms with van der Waals surface area (Å²) in [6, 6.07) is 0. The number of thiazole rings is 1. The number of anilines is 1. The Morgan fingerprint density at radius 1 is 1.47 bits per heavy atom. The van der Waals surface area contributed by atoms with Crippen molar-refractivity contribution < 1.29 is 18.3 Å². The average molecular weight is 294 g/mol. The Morgan fingerprint density at radius 3 is 2.58 bits per heavy atom. The van der Waals surface area contributed by atoms with Crippen LogP contribution in [0.1, 0.15) is 24.6 Å². The molecule has 1 saturated heterocycles. The van der Waals surface area contributed by atoms with Crippen LogP contribution >= 0.6 is 11.3 Å². The van der Waals surface area contributed by atoms with Crippen molar-refractivity contribution in [3.05, 3.63) is 11.1 Å². The fraction of sp³-hybridized carbons (Fsp3) is 0.750. The van der Waals surface area contributed by atoms with E-state index in [1.165, 1.54) is 0 Å². The van der Waals surface area contributed by atoms with Gasteiger partial charge in [-0.1, -0.05) is 18.3 Å². The van der Waals surface area contributed by atoms with Gasteiger partial charge < -0.3 is 10.0 Å². The van der Waals surface area contributed by atoms with Crippen LogP contribution in [0, 0.1) is 11.8 Å². The number of nitrogens with zero attached hydrogens (tertiary/aromatic N) is 2. The highest BCUT2D eigenvalue weighted by atomic mass is 32.1. The van der Waals surface area contributed by atoms with E-state index in [9.17, 15) is 13.2 Å². The minimum absolute atomic E-state index is 0.167. The van der Waals surface area contributed by atoms with Gasteiger partial charge in [0.15, 0.2) is 5.13 Å². The first-order valence-electron chi connectivity index (χ1n) is 6.30. The number of piperidine rings is 1. The number of hydrogen-bond donors (Lipinski definition) is 1. The largest absolute Gasteiger partial charge is 0.427 e. The zero-order valence-electron chi connectivity index (χ0n) is 10.7. The van der Waals surface area contributed by atoms with Crippen LogP contribution in [0.15, 0.2) is 6.20 Å². The summed E-state index contributed by atoms with van der Waals surface area (Å²) in [5, 5.41) is 9.56. The van der Waals surface area contributed by atoms with Crippen molar-refractivity contribution in [3.8, 4) is 0 Å². The van der Waals surface area contributed by atoms with Crippen LogP contribution in [0.2, 0.25) is 0 Å². The third kappa shape index (κ3) is 3.39. The molecule has 1 fully saturated rings. The van der Waals surface area contributed by atoms with Gasteiger partial charge in [0.25, 0.3) is 0 Å². The third-order valence-electron chi connectivity index (χ3n) is 3.68. The van der Waals surface area contributed by atoms with Gasteiger partial charge >= 0.3 is 6.18 Å². The zero-order chi connectivity index (χ0) is 14.0. The van der Waals surface area contributed by atoms with E-state index in [-0.39, 0.29) is 12.5 Å². The maximum atomic E-state index is 12.5. The van der Waals surface area contributed by atoms with Gasteiger partial charge in [0.05, 0.1) is 6.20 Å². The standard InChI is InChI=1S/C12H17F3N2OS/c1-8(7-18)9-2-4-17(5-3-9)11-16-6-10(19-11)12(13,14)15/h6,8-9,18H,2-5,7H2,1H3. The van der Waals surface area contributed by atoms with Crippen LogP contribution in [0.25, 0.3) is 0 Å². The Hall–Kier alpha value is -0.820. The molecule has 0 amide bonds. The van der Waals surface area contributed by atoms with Gasteiger partial charge in [-0.3, -0.25) is 0 Å². The molecule has 0 saturated carbocycles. The monoisotopic (exact) mass is 294 g/mol. The zero-order valence-corrected chi connectivity index (χ0v) is 11.5. The van der Waals surface area contributed by atoms with Crippen LogP contribution in [-0.4, -0.2) is 29.8 Å². The third-order valence-corrected chi connectivity index (χ3v) is 4.78. The highest BCUT2D eigenvalue weighted by Crippen LogP contribution is 2.37. The summed E-state index contributed by atoms with van der Waals surface area (Å²) >= 11 is 0.702. The fourth-order valence-electron chi connectivity index (χ4n) is 2.35. The summed E-state index contributed by atoms with van der Waals surface area (Å²) in [6.07, 6.45) is -1.62. The number of halogens is 3. The molecule has 1 unspecified atom stereocenters. The molecule has 0 aromatic carbocycles. The molecule has 108 valence electrons. The molecule has 7 heteroatoms. The summed E-state index contributed by atoms with van der Waals surface area (Å²) in [5.74, 6) is 0.701. The topological polar surface area (TPSA) is 36.4 Å². The molecule has 3 nitrogen and oxygen atoms in total. The first kappa shape index (κ1) is 14.6. The number of rotatable bonds is 3. The van der Waals surface area contributed by atoms with E-state index in [0.717, 1.165) is 19.0 Å². The number of alkyl halides is 3. The average Bonchev–Trinajstić information content (AvgIpc) is 2.87. The highest BCUT2D eigenvalue weighted by Gasteiger charge is 2.34. The molecule has 2 heterocycles. The van der Waals surface area contributed by atoms with Gasteiger partial charge in [0, 0.05) is 19.7 Å². The summed E-state index contributed by atoms with van der Waals surface area (Å²) in [5.41, 5.74) is 0. The van der Waals surface area contributed by atoms with E-state index in [0.29, 0.717) is 35.5 Å². The van der Waals surface area contributed by atoms with Crippen molar-refractivity contribution in [1.82, 2.24) is 4.98 Å². The Bertz CT molecular complexity index is 413. The molecule has 0 bridgehead atoms.